The number of carbonyl (C=O) groups excluding carboxylic acids is 2. The van der Waals surface area contributed by atoms with E-state index in [9.17, 15) is 9.59 Å². The lowest BCUT2D eigenvalue weighted by Gasteiger charge is -2.40. The van der Waals surface area contributed by atoms with Crippen molar-refractivity contribution in [2.24, 2.45) is 5.92 Å². The Morgan fingerprint density at radius 1 is 1.00 bits per heavy atom. The minimum Gasteiger partial charge on any atom is -0.465 e. The fourth-order valence-electron chi connectivity index (χ4n) is 4.64. The zero-order valence-corrected chi connectivity index (χ0v) is 16.7. The molecule has 5 nitrogen and oxygen atoms in total. The highest BCUT2D eigenvalue weighted by atomic mass is 16.6. The molecule has 2 bridgehead atoms. The molecule has 0 aromatic heterocycles. The molecular weight excluding hydrogens is 366 g/mol. The number of benzene rings is 2. The Morgan fingerprint density at radius 3 is 2.41 bits per heavy atom. The summed E-state index contributed by atoms with van der Waals surface area (Å²) in [5.74, 6) is -1.08. The molecule has 4 atom stereocenters. The van der Waals surface area contributed by atoms with Crippen LogP contribution in [0.4, 0.5) is 0 Å². The summed E-state index contributed by atoms with van der Waals surface area (Å²) in [5.41, 5.74) is 1.64. The molecule has 4 rings (SSSR count). The van der Waals surface area contributed by atoms with Gasteiger partial charge < -0.3 is 9.47 Å². The Balaban J connectivity index is 1.43. The number of fused-ring (bicyclic) bond motifs is 2. The van der Waals surface area contributed by atoms with Crippen molar-refractivity contribution < 1.29 is 19.1 Å². The van der Waals surface area contributed by atoms with Crippen LogP contribution in [0.15, 0.2) is 60.7 Å². The molecule has 2 aliphatic heterocycles. The van der Waals surface area contributed by atoms with E-state index in [2.05, 4.69) is 11.9 Å². The van der Waals surface area contributed by atoms with E-state index >= 15 is 0 Å². The van der Waals surface area contributed by atoms with Gasteiger partial charge in [0.1, 0.15) is 12.0 Å². The first-order valence-corrected chi connectivity index (χ1v) is 10.3. The highest BCUT2D eigenvalue weighted by molar-refractivity contribution is 5.89. The fraction of sp³-hybridized carbons (Fsp3) is 0.417. The quantitative estimate of drug-likeness (QED) is 0.704. The van der Waals surface area contributed by atoms with Crippen LogP contribution in [0, 0.1) is 5.92 Å². The molecule has 0 spiro atoms. The van der Waals surface area contributed by atoms with Crippen LogP contribution in [0.1, 0.15) is 35.2 Å². The first-order valence-electron chi connectivity index (χ1n) is 10.3. The monoisotopic (exact) mass is 393 g/mol. The Labute approximate surface area is 171 Å². The fourth-order valence-corrected chi connectivity index (χ4v) is 4.64. The molecule has 2 heterocycles. The van der Waals surface area contributed by atoms with Gasteiger partial charge in [0.2, 0.25) is 0 Å². The largest absolute Gasteiger partial charge is 0.465 e. The van der Waals surface area contributed by atoms with Crippen LogP contribution in [0.2, 0.25) is 0 Å². The van der Waals surface area contributed by atoms with E-state index in [1.165, 1.54) is 0 Å². The summed E-state index contributed by atoms with van der Waals surface area (Å²) in [6.45, 7) is 0.332. The van der Waals surface area contributed by atoms with Gasteiger partial charge in [0.05, 0.1) is 12.2 Å². The van der Waals surface area contributed by atoms with Gasteiger partial charge in [-0.2, -0.15) is 0 Å². The number of esters is 2. The van der Waals surface area contributed by atoms with Crippen LogP contribution in [-0.2, 0) is 20.7 Å². The Morgan fingerprint density at radius 2 is 1.69 bits per heavy atom. The molecule has 0 aliphatic carbocycles. The topological polar surface area (TPSA) is 55.8 Å². The smallest absolute Gasteiger partial charge is 0.338 e. The van der Waals surface area contributed by atoms with Crippen LogP contribution < -0.4 is 0 Å². The number of ether oxygens (including phenoxy) is 2. The molecule has 0 amide bonds. The minimum absolute atomic E-state index is 0.0616. The zero-order chi connectivity index (χ0) is 20.2. The van der Waals surface area contributed by atoms with E-state index in [0.717, 1.165) is 18.4 Å². The average Bonchev–Trinajstić information content (AvgIpc) is 2.98. The van der Waals surface area contributed by atoms with Gasteiger partial charge >= 0.3 is 11.9 Å². The highest BCUT2D eigenvalue weighted by Gasteiger charge is 2.51. The summed E-state index contributed by atoms with van der Waals surface area (Å²) >= 11 is 0. The van der Waals surface area contributed by atoms with Gasteiger partial charge in [-0.3, -0.25) is 9.69 Å². The molecule has 2 aliphatic rings. The summed E-state index contributed by atoms with van der Waals surface area (Å²) in [4.78, 5) is 27.9. The molecule has 29 heavy (non-hydrogen) atoms. The first kappa shape index (κ1) is 19.6. The van der Waals surface area contributed by atoms with Crippen molar-refractivity contribution >= 4 is 11.9 Å². The molecule has 0 N–H and O–H groups in total. The molecule has 2 aromatic carbocycles. The van der Waals surface area contributed by atoms with Crippen molar-refractivity contribution in [3.05, 3.63) is 71.8 Å². The second-order valence-electron chi connectivity index (χ2n) is 7.94. The first-order chi connectivity index (χ1) is 14.1. The van der Waals surface area contributed by atoms with Crippen LogP contribution in [0.5, 0.6) is 0 Å². The van der Waals surface area contributed by atoms with Gasteiger partial charge in [0, 0.05) is 24.9 Å². The summed E-state index contributed by atoms with van der Waals surface area (Å²) < 4.78 is 11.5. The number of nitrogens with zero attached hydrogens (tertiary/aromatic N) is 1. The number of rotatable bonds is 6. The number of carbonyl (C=O) groups is 2. The Bertz CT molecular complexity index is 838. The third-order valence-electron chi connectivity index (χ3n) is 6.23. The van der Waals surface area contributed by atoms with E-state index in [-0.39, 0.29) is 18.0 Å². The highest BCUT2D eigenvalue weighted by Crippen LogP contribution is 2.40. The molecule has 5 heteroatoms. The number of piperidine rings is 1. The van der Waals surface area contributed by atoms with E-state index in [4.69, 9.17) is 9.47 Å². The lowest BCUT2D eigenvalue weighted by molar-refractivity contribution is -0.159. The van der Waals surface area contributed by atoms with Gasteiger partial charge in [-0.05, 0) is 37.6 Å². The van der Waals surface area contributed by atoms with Crippen molar-refractivity contribution in [3.63, 3.8) is 0 Å². The summed E-state index contributed by atoms with van der Waals surface area (Å²) in [6.07, 6.45) is 2.86. The molecule has 2 fully saturated rings. The molecular formula is C24H27NO4. The second-order valence-corrected chi connectivity index (χ2v) is 7.94. The third kappa shape index (κ3) is 4.35. The molecule has 2 saturated heterocycles. The van der Waals surface area contributed by atoms with Gasteiger partial charge in [0.25, 0.3) is 0 Å². The van der Waals surface area contributed by atoms with Crippen molar-refractivity contribution in [1.82, 2.24) is 4.90 Å². The maximum absolute atomic E-state index is 13.0. The normalized spacial score (nSPS) is 26.1. The van der Waals surface area contributed by atoms with Crippen LogP contribution in [0.25, 0.3) is 0 Å². The standard InChI is InChI=1S/C24H27NO4/c1-25-19-12-13-20(25)22(24(27)28-15-14-17-8-4-2-5-9-17)21(16-19)29-23(26)18-10-6-3-7-11-18/h2-11,19-22H,12-16H2,1H3/t19?,20?,21-,22?/m1/s1. The van der Waals surface area contributed by atoms with E-state index in [0.29, 0.717) is 31.1 Å². The molecule has 2 aromatic rings. The van der Waals surface area contributed by atoms with Gasteiger partial charge in [0.15, 0.2) is 0 Å². The summed E-state index contributed by atoms with van der Waals surface area (Å²) in [5, 5.41) is 0. The predicted molar refractivity (Wildman–Crippen MR) is 109 cm³/mol. The van der Waals surface area contributed by atoms with E-state index in [1.807, 2.05) is 48.5 Å². The lowest BCUT2D eigenvalue weighted by Crippen LogP contribution is -2.53. The molecule has 152 valence electrons. The predicted octanol–water partition coefficient (Wildman–Crippen LogP) is 3.48. The van der Waals surface area contributed by atoms with Gasteiger partial charge in [-0.15, -0.1) is 0 Å². The van der Waals surface area contributed by atoms with Crippen molar-refractivity contribution in [2.75, 3.05) is 13.7 Å². The maximum Gasteiger partial charge on any atom is 0.338 e. The van der Waals surface area contributed by atoms with Gasteiger partial charge in [-0.1, -0.05) is 48.5 Å². The van der Waals surface area contributed by atoms with Gasteiger partial charge in [-0.25, -0.2) is 4.79 Å². The van der Waals surface area contributed by atoms with Crippen LogP contribution in [-0.4, -0.2) is 48.7 Å². The van der Waals surface area contributed by atoms with Crippen LogP contribution in [0.3, 0.4) is 0 Å². The zero-order valence-electron chi connectivity index (χ0n) is 16.7. The summed E-state index contributed by atoms with van der Waals surface area (Å²) in [6, 6.07) is 19.3. The molecule has 0 radical (unpaired) electrons. The van der Waals surface area contributed by atoms with Crippen molar-refractivity contribution in [2.45, 2.75) is 43.9 Å². The summed E-state index contributed by atoms with van der Waals surface area (Å²) in [7, 11) is 2.06. The molecule has 3 unspecified atom stereocenters. The Hall–Kier alpha value is -2.66. The second kappa shape index (κ2) is 8.78. The average molecular weight is 393 g/mol. The van der Waals surface area contributed by atoms with Crippen LogP contribution >= 0.6 is 0 Å². The number of hydrogen-bond acceptors (Lipinski definition) is 5. The number of hydrogen-bond donors (Lipinski definition) is 0. The van der Waals surface area contributed by atoms with E-state index in [1.54, 1.807) is 12.1 Å². The molecule has 0 saturated carbocycles. The minimum atomic E-state index is -0.444. The third-order valence-corrected chi connectivity index (χ3v) is 6.23. The maximum atomic E-state index is 13.0. The van der Waals surface area contributed by atoms with Crippen molar-refractivity contribution in [1.29, 1.82) is 0 Å². The SMILES string of the molecule is CN1C2CCC1C(C(=O)OCCc1ccccc1)[C@H](OC(=O)c1ccccc1)C2. The Kier molecular flexibility index (Phi) is 5.95. The van der Waals surface area contributed by atoms with E-state index < -0.39 is 12.0 Å². The van der Waals surface area contributed by atoms with Crippen molar-refractivity contribution in [3.8, 4) is 0 Å². The lowest BCUT2D eigenvalue weighted by atomic mass is 9.87.